The lowest BCUT2D eigenvalue weighted by molar-refractivity contribution is 0.122. The van der Waals surface area contributed by atoms with Crippen LogP contribution in [0.5, 0.6) is 0 Å². The summed E-state index contributed by atoms with van der Waals surface area (Å²) in [5, 5.41) is 0.752. The van der Waals surface area contributed by atoms with Gasteiger partial charge in [0, 0.05) is 23.2 Å². The minimum Gasteiger partial charge on any atom is -0.378 e. The number of hydrogen-bond donors (Lipinski definition) is 0. The van der Waals surface area contributed by atoms with Crippen molar-refractivity contribution in [2.75, 3.05) is 31.2 Å². The molecular weight excluding hydrogens is 265 g/mol. The molecule has 1 heterocycles. The zero-order chi connectivity index (χ0) is 9.97. The highest BCUT2D eigenvalue weighted by Crippen LogP contribution is 2.27. The Balaban J connectivity index is 2.18. The molecule has 0 N–H and O–H groups in total. The Morgan fingerprint density at radius 3 is 2.64 bits per heavy atom. The summed E-state index contributed by atoms with van der Waals surface area (Å²) in [5.74, 6) is 0. The van der Waals surface area contributed by atoms with Crippen LogP contribution in [0.15, 0.2) is 22.7 Å². The second kappa shape index (κ2) is 4.51. The van der Waals surface area contributed by atoms with Gasteiger partial charge in [-0.2, -0.15) is 0 Å². The Morgan fingerprint density at radius 1 is 1.29 bits per heavy atom. The molecule has 1 aromatic carbocycles. The van der Waals surface area contributed by atoms with Crippen molar-refractivity contribution in [2.24, 2.45) is 0 Å². The standard InChI is InChI=1S/C10H11BrClNO/c11-9-7-8(1-2-10(9)12)13-3-5-14-6-4-13/h1-2,7H,3-6H2. The fourth-order valence-corrected chi connectivity index (χ4v) is 1.99. The van der Waals surface area contributed by atoms with Crippen molar-refractivity contribution < 1.29 is 4.74 Å². The lowest BCUT2D eigenvalue weighted by atomic mass is 10.2. The van der Waals surface area contributed by atoms with E-state index < -0.39 is 0 Å². The quantitative estimate of drug-likeness (QED) is 0.782. The van der Waals surface area contributed by atoms with E-state index in [9.17, 15) is 0 Å². The molecule has 4 heteroatoms. The Kier molecular flexibility index (Phi) is 3.31. The number of rotatable bonds is 1. The van der Waals surface area contributed by atoms with Gasteiger partial charge in [-0.25, -0.2) is 0 Å². The van der Waals surface area contributed by atoms with Crippen LogP contribution in [0.2, 0.25) is 5.02 Å². The van der Waals surface area contributed by atoms with Crippen molar-refractivity contribution in [1.82, 2.24) is 0 Å². The molecule has 76 valence electrons. The third-order valence-corrected chi connectivity index (χ3v) is 3.49. The van der Waals surface area contributed by atoms with Crippen molar-refractivity contribution >= 4 is 33.2 Å². The Morgan fingerprint density at radius 2 is 2.00 bits per heavy atom. The zero-order valence-corrected chi connectivity index (χ0v) is 10.0. The molecule has 14 heavy (non-hydrogen) atoms. The first-order valence-electron chi connectivity index (χ1n) is 4.55. The maximum absolute atomic E-state index is 5.93. The average Bonchev–Trinajstić information content (AvgIpc) is 2.23. The number of hydrogen-bond acceptors (Lipinski definition) is 2. The van der Waals surface area contributed by atoms with Crippen molar-refractivity contribution in [3.05, 3.63) is 27.7 Å². The van der Waals surface area contributed by atoms with Crippen LogP contribution in [0.3, 0.4) is 0 Å². The van der Waals surface area contributed by atoms with Crippen molar-refractivity contribution in [2.45, 2.75) is 0 Å². The van der Waals surface area contributed by atoms with Gasteiger partial charge in [0.05, 0.1) is 18.2 Å². The number of ether oxygens (including phenoxy) is 1. The molecule has 0 bridgehead atoms. The van der Waals surface area contributed by atoms with Crippen LogP contribution in [0.25, 0.3) is 0 Å². The SMILES string of the molecule is Clc1ccc(N2CCOCC2)cc1Br. The highest BCUT2D eigenvalue weighted by Gasteiger charge is 2.11. The number of benzene rings is 1. The summed E-state index contributed by atoms with van der Waals surface area (Å²) < 4.78 is 6.24. The van der Waals surface area contributed by atoms with E-state index >= 15 is 0 Å². The summed E-state index contributed by atoms with van der Waals surface area (Å²) in [6.45, 7) is 3.52. The topological polar surface area (TPSA) is 12.5 Å². The minimum absolute atomic E-state index is 0.752. The largest absolute Gasteiger partial charge is 0.378 e. The Hall–Kier alpha value is -0.250. The number of halogens is 2. The molecule has 2 nitrogen and oxygen atoms in total. The first-order chi connectivity index (χ1) is 6.77. The summed E-state index contributed by atoms with van der Waals surface area (Å²) in [6.07, 6.45) is 0. The molecular formula is C10H11BrClNO. The van der Waals surface area contributed by atoms with Gasteiger partial charge in [-0.15, -0.1) is 0 Å². The molecule has 0 spiro atoms. The lowest BCUT2D eigenvalue weighted by Gasteiger charge is -2.29. The van der Waals surface area contributed by atoms with Crippen molar-refractivity contribution in [1.29, 1.82) is 0 Å². The van der Waals surface area contributed by atoms with Gasteiger partial charge in [-0.05, 0) is 34.1 Å². The van der Waals surface area contributed by atoms with E-state index in [4.69, 9.17) is 16.3 Å². The molecule has 1 aliphatic rings. The average molecular weight is 277 g/mol. The van der Waals surface area contributed by atoms with Gasteiger partial charge in [-0.3, -0.25) is 0 Å². The second-order valence-electron chi connectivity index (χ2n) is 3.20. The van der Waals surface area contributed by atoms with Gasteiger partial charge < -0.3 is 9.64 Å². The van der Waals surface area contributed by atoms with Crippen LogP contribution in [0.1, 0.15) is 0 Å². The van der Waals surface area contributed by atoms with Crippen LogP contribution < -0.4 is 4.90 Å². The van der Waals surface area contributed by atoms with E-state index in [1.165, 1.54) is 5.69 Å². The fraction of sp³-hybridized carbons (Fsp3) is 0.400. The highest BCUT2D eigenvalue weighted by molar-refractivity contribution is 9.10. The molecule has 0 aromatic heterocycles. The predicted octanol–water partition coefficient (Wildman–Crippen LogP) is 2.94. The second-order valence-corrected chi connectivity index (χ2v) is 4.46. The van der Waals surface area contributed by atoms with E-state index in [1.807, 2.05) is 18.2 Å². The monoisotopic (exact) mass is 275 g/mol. The van der Waals surface area contributed by atoms with E-state index in [-0.39, 0.29) is 0 Å². The van der Waals surface area contributed by atoms with Gasteiger partial charge in [0.1, 0.15) is 0 Å². The van der Waals surface area contributed by atoms with Crippen LogP contribution in [0, 0.1) is 0 Å². The van der Waals surface area contributed by atoms with Crippen molar-refractivity contribution in [3.63, 3.8) is 0 Å². The van der Waals surface area contributed by atoms with E-state index in [0.717, 1.165) is 35.8 Å². The number of morpholine rings is 1. The smallest absolute Gasteiger partial charge is 0.0642 e. The van der Waals surface area contributed by atoms with E-state index in [2.05, 4.69) is 20.8 Å². The van der Waals surface area contributed by atoms with Crippen LogP contribution in [0.4, 0.5) is 5.69 Å². The minimum atomic E-state index is 0.752. The molecule has 2 rings (SSSR count). The van der Waals surface area contributed by atoms with Gasteiger partial charge in [0.15, 0.2) is 0 Å². The van der Waals surface area contributed by atoms with E-state index in [0.29, 0.717) is 0 Å². The molecule has 1 aromatic rings. The number of nitrogens with zero attached hydrogens (tertiary/aromatic N) is 1. The highest BCUT2D eigenvalue weighted by atomic mass is 79.9. The first-order valence-corrected chi connectivity index (χ1v) is 5.72. The molecule has 1 fully saturated rings. The van der Waals surface area contributed by atoms with Crippen molar-refractivity contribution in [3.8, 4) is 0 Å². The summed E-state index contributed by atoms with van der Waals surface area (Å²) >= 11 is 9.35. The van der Waals surface area contributed by atoms with Gasteiger partial charge >= 0.3 is 0 Å². The molecule has 0 radical (unpaired) electrons. The molecule has 0 unspecified atom stereocenters. The molecule has 1 saturated heterocycles. The lowest BCUT2D eigenvalue weighted by Crippen LogP contribution is -2.36. The predicted molar refractivity (Wildman–Crippen MR) is 62.2 cm³/mol. The summed E-state index contributed by atoms with van der Waals surface area (Å²) in [4.78, 5) is 2.30. The molecule has 0 aliphatic carbocycles. The third-order valence-electron chi connectivity index (χ3n) is 2.28. The summed E-state index contributed by atoms with van der Waals surface area (Å²) in [7, 11) is 0. The fourth-order valence-electron chi connectivity index (χ4n) is 1.50. The normalized spacial score (nSPS) is 17.1. The third kappa shape index (κ3) is 2.22. The van der Waals surface area contributed by atoms with Crippen LogP contribution >= 0.6 is 27.5 Å². The van der Waals surface area contributed by atoms with Crippen LogP contribution in [-0.4, -0.2) is 26.3 Å². The van der Waals surface area contributed by atoms with Gasteiger partial charge in [0.25, 0.3) is 0 Å². The first kappa shape index (κ1) is 10.3. The Labute approximate surface area is 96.9 Å². The molecule has 0 amide bonds. The zero-order valence-electron chi connectivity index (χ0n) is 7.67. The molecule has 0 atom stereocenters. The van der Waals surface area contributed by atoms with Gasteiger partial charge in [-0.1, -0.05) is 11.6 Å². The number of anilines is 1. The maximum atomic E-state index is 5.93. The van der Waals surface area contributed by atoms with Crippen LogP contribution in [-0.2, 0) is 4.74 Å². The van der Waals surface area contributed by atoms with Gasteiger partial charge in [0.2, 0.25) is 0 Å². The molecule has 0 saturated carbocycles. The summed E-state index contributed by atoms with van der Waals surface area (Å²) in [5.41, 5.74) is 1.20. The van der Waals surface area contributed by atoms with E-state index in [1.54, 1.807) is 0 Å². The molecule has 1 aliphatic heterocycles. The maximum Gasteiger partial charge on any atom is 0.0642 e. The Bertz CT molecular complexity index is 326. The summed E-state index contributed by atoms with van der Waals surface area (Å²) in [6, 6.07) is 6.00.